The number of nitrogens with zero attached hydrogens (tertiary/aromatic N) is 1. The van der Waals surface area contributed by atoms with Gasteiger partial charge in [-0.05, 0) is 6.92 Å². The Bertz CT molecular complexity index is 354. The average Bonchev–Trinajstić information content (AvgIpc) is 2.46. The molecular formula is C7H7NO5. The van der Waals surface area contributed by atoms with E-state index in [0.29, 0.717) is 0 Å². The van der Waals surface area contributed by atoms with Crippen molar-refractivity contribution in [3.8, 4) is 0 Å². The van der Waals surface area contributed by atoms with E-state index in [2.05, 4.69) is 14.4 Å². The quantitative estimate of drug-likeness (QED) is 0.673. The Balaban J connectivity index is 3.24. The number of rotatable bonds is 2. The van der Waals surface area contributed by atoms with Gasteiger partial charge in [-0.3, -0.25) is 0 Å². The Hall–Kier alpha value is -1.85. The Labute approximate surface area is 73.1 Å². The molecule has 0 radical (unpaired) electrons. The molecule has 6 nitrogen and oxygen atoms in total. The van der Waals surface area contributed by atoms with Crippen molar-refractivity contribution in [2.75, 3.05) is 7.11 Å². The molecule has 0 aliphatic rings. The Kier molecular flexibility index (Phi) is 2.32. The second-order valence-corrected chi connectivity index (χ2v) is 2.26. The Morgan fingerprint density at radius 3 is 2.62 bits per heavy atom. The second-order valence-electron chi connectivity index (χ2n) is 2.26. The third-order valence-corrected chi connectivity index (χ3v) is 1.45. The van der Waals surface area contributed by atoms with E-state index in [4.69, 9.17) is 5.11 Å². The van der Waals surface area contributed by atoms with Crippen molar-refractivity contribution in [3.63, 3.8) is 0 Å². The van der Waals surface area contributed by atoms with Crippen LogP contribution >= 0.6 is 0 Å². The van der Waals surface area contributed by atoms with Crippen molar-refractivity contribution in [1.29, 1.82) is 0 Å². The van der Waals surface area contributed by atoms with E-state index >= 15 is 0 Å². The van der Waals surface area contributed by atoms with E-state index in [1.165, 1.54) is 6.92 Å². The van der Waals surface area contributed by atoms with Crippen LogP contribution in [0, 0.1) is 6.92 Å². The van der Waals surface area contributed by atoms with Crippen LogP contribution in [0.15, 0.2) is 4.52 Å². The molecule has 6 heteroatoms. The zero-order valence-electron chi connectivity index (χ0n) is 7.03. The third kappa shape index (κ3) is 1.51. The maximum Gasteiger partial charge on any atom is 0.359 e. The average molecular weight is 185 g/mol. The van der Waals surface area contributed by atoms with Gasteiger partial charge in [-0.15, -0.1) is 0 Å². The van der Waals surface area contributed by atoms with Crippen molar-refractivity contribution in [1.82, 2.24) is 5.16 Å². The van der Waals surface area contributed by atoms with Gasteiger partial charge in [-0.25, -0.2) is 9.59 Å². The minimum atomic E-state index is -1.32. The highest BCUT2D eigenvalue weighted by atomic mass is 16.5. The monoisotopic (exact) mass is 185 g/mol. The third-order valence-electron chi connectivity index (χ3n) is 1.45. The molecule has 13 heavy (non-hydrogen) atoms. The maximum absolute atomic E-state index is 11.0. The molecular weight excluding hydrogens is 178 g/mol. The Morgan fingerprint density at radius 1 is 1.54 bits per heavy atom. The van der Waals surface area contributed by atoms with Crippen LogP contribution in [0.3, 0.4) is 0 Å². The van der Waals surface area contributed by atoms with Gasteiger partial charge in [-0.1, -0.05) is 5.16 Å². The number of aromatic nitrogens is 1. The van der Waals surface area contributed by atoms with E-state index in [-0.39, 0.29) is 11.3 Å². The van der Waals surface area contributed by atoms with Crippen LogP contribution in [0.4, 0.5) is 0 Å². The molecule has 1 heterocycles. The second kappa shape index (κ2) is 3.26. The molecule has 0 amide bonds. The van der Waals surface area contributed by atoms with Crippen LogP contribution in [0.5, 0.6) is 0 Å². The van der Waals surface area contributed by atoms with Crippen molar-refractivity contribution in [3.05, 3.63) is 17.0 Å². The van der Waals surface area contributed by atoms with Gasteiger partial charge in [0.1, 0.15) is 11.3 Å². The number of aromatic carboxylic acids is 1. The van der Waals surface area contributed by atoms with E-state index in [1.54, 1.807) is 0 Å². The van der Waals surface area contributed by atoms with Crippen molar-refractivity contribution >= 4 is 11.9 Å². The topological polar surface area (TPSA) is 89.6 Å². The largest absolute Gasteiger partial charge is 0.476 e. The lowest BCUT2D eigenvalue weighted by atomic mass is 10.2. The maximum atomic E-state index is 11.0. The molecule has 1 rings (SSSR count). The number of hydrogen-bond acceptors (Lipinski definition) is 5. The predicted molar refractivity (Wildman–Crippen MR) is 39.5 cm³/mol. The normalized spacial score (nSPS) is 9.69. The molecule has 70 valence electrons. The number of carbonyl (C=O) groups excluding carboxylic acids is 1. The van der Waals surface area contributed by atoms with Gasteiger partial charge in [0.25, 0.3) is 0 Å². The summed E-state index contributed by atoms with van der Waals surface area (Å²) < 4.78 is 8.91. The van der Waals surface area contributed by atoms with E-state index in [0.717, 1.165) is 7.11 Å². The number of carbonyl (C=O) groups is 2. The molecule has 0 spiro atoms. The first-order chi connectivity index (χ1) is 6.07. The van der Waals surface area contributed by atoms with E-state index in [9.17, 15) is 9.59 Å². The number of carboxylic acids is 1. The van der Waals surface area contributed by atoms with Crippen LogP contribution in [-0.4, -0.2) is 29.3 Å². The predicted octanol–water partition coefficient (Wildman–Crippen LogP) is 0.468. The first kappa shape index (κ1) is 9.24. The van der Waals surface area contributed by atoms with Gasteiger partial charge in [0.2, 0.25) is 5.69 Å². The van der Waals surface area contributed by atoms with Crippen molar-refractivity contribution in [2.45, 2.75) is 6.92 Å². The molecule has 0 aromatic carbocycles. The summed E-state index contributed by atoms with van der Waals surface area (Å²) in [6.07, 6.45) is 0. The van der Waals surface area contributed by atoms with Crippen LogP contribution in [0.2, 0.25) is 0 Å². The number of carboxylic acid groups (broad SMARTS) is 1. The molecule has 0 saturated carbocycles. The molecule has 0 aliphatic carbocycles. The van der Waals surface area contributed by atoms with Gasteiger partial charge in [0.15, 0.2) is 0 Å². The van der Waals surface area contributed by atoms with Crippen LogP contribution in [0.25, 0.3) is 0 Å². The molecule has 1 aromatic rings. The van der Waals surface area contributed by atoms with Crippen LogP contribution in [-0.2, 0) is 4.74 Å². The molecule has 0 aliphatic heterocycles. The summed E-state index contributed by atoms with van der Waals surface area (Å²) in [6, 6.07) is 0. The summed E-state index contributed by atoms with van der Waals surface area (Å²) in [6.45, 7) is 1.44. The molecule has 1 N–H and O–H groups in total. The van der Waals surface area contributed by atoms with Gasteiger partial charge in [0, 0.05) is 0 Å². The number of hydrogen-bond donors (Lipinski definition) is 1. The highest BCUT2D eigenvalue weighted by Gasteiger charge is 2.25. The summed E-state index contributed by atoms with van der Waals surface area (Å²) in [7, 11) is 1.15. The summed E-state index contributed by atoms with van der Waals surface area (Å²) in [5.41, 5.74) is -0.570. The van der Waals surface area contributed by atoms with Crippen LogP contribution in [0.1, 0.15) is 26.6 Å². The highest BCUT2D eigenvalue weighted by molar-refractivity contribution is 6.01. The van der Waals surface area contributed by atoms with Crippen molar-refractivity contribution < 1.29 is 24.0 Å². The zero-order valence-corrected chi connectivity index (χ0v) is 7.03. The van der Waals surface area contributed by atoms with Crippen LogP contribution < -0.4 is 0 Å². The van der Waals surface area contributed by atoms with Crippen molar-refractivity contribution in [2.24, 2.45) is 0 Å². The van der Waals surface area contributed by atoms with Gasteiger partial charge in [0.05, 0.1) is 7.11 Å². The van der Waals surface area contributed by atoms with E-state index in [1.807, 2.05) is 0 Å². The van der Waals surface area contributed by atoms with E-state index < -0.39 is 17.6 Å². The first-order valence-electron chi connectivity index (χ1n) is 3.35. The molecule has 0 unspecified atom stereocenters. The fraction of sp³-hybridized carbons (Fsp3) is 0.286. The summed E-state index contributed by atoms with van der Waals surface area (Å²) >= 11 is 0. The fourth-order valence-corrected chi connectivity index (χ4v) is 0.861. The molecule has 1 aromatic heterocycles. The number of methoxy groups -OCH3 is 1. The fourth-order valence-electron chi connectivity index (χ4n) is 0.861. The highest BCUT2D eigenvalue weighted by Crippen LogP contribution is 2.13. The molecule has 0 atom stereocenters. The Morgan fingerprint density at radius 2 is 2.15 bits per heavy atom. The van der Waals surface area contributed by atoms with Gasteiger partial charge >= 0.3 is 11.9 Å². The molecule has 0 bridgehead atoms. The number of ether oxygens (including phenoxy) is 1. The first-order valence-corrected chi connectivity index (χ1v) is 3.35. The SMILES string of the molecule is COC(=O)c1c(C(=O)O)noc1C. The number of aryl methyl sites for hydroxylation is 1. The standard InChI is InChI=1S/C7H7NO5/c1-3-4(7(11)12-2)5(6(9)10)8-13-3/h1-2H3,(H,9,10). The zero-order chi connectivity index (χ0) is 10.0. The minimum absolute atomic E-state index is 0.129. The molecule has 0 fully saturated rings. The lowest BCUT2D eigenvalue weighted by Crippen LogP contribution is -2.09. The lowest BCUT2D eigenvalue weighted by Gasteiger charge is -1.95. The lowest BCUT2D eigenvalue weighted by molar-refractivity contribution is 0.0581. The molecule has 0 saturated heterocycles. The van der Waals surface area contributed by atoms with Gasteiger partial charge in [-0.2, -0.15) is 0 Å². The van der Waals surface area contributed by atoms with Gasteiger partial charge < -0.3 is 14.4 Å². The smallest absolute Gasteiger partial charge is 0.359 e. The minimum Gasteiger partial charge on any atom is -0.476 e. The number of esters is 1. The summed E-state index contributed by atoms with van der Waals surface area (Å²) in [5, 5.41) is 11.8. The summed E-state index contributed by atoms with van der Waals surface area (Å²) in [4.78, 5) is 21.6. The summed E-state index contributed by atoms with van der Waals surface area (Å²) in [5.74, 6) is -1.96.